The first kappa shape index (κ1) is 34.7. The van der Waals surface area contributed by atoms with Crippen LogP contribution in [0.3, 0.4) is 0 Å². The molecular formula is C30H45F5N4O4Si. The monoisotopic (exact) mass is 648 g/mol. The van der Waals surface area contributed by atoms with E-state index >= 15 is 0 Å². The molecule has 0 saturated heterocycles. The van der Waals surface area contributed by atoms with Crippen LogP contribution in [-0.2, 0) is 25.7 Å². The molecule has 1 heterocycles. The largest absolute Gasteiger partial charge is 0.414 e. The molecule has 3 N–H and O–H groups in total. The van der Waals surface area contributed by atoms with E-state index in [2.05, 4.69) is 25.0 Å². The fourth-order valence-corrected chi connectivity index (χ4v) is 5.89. The number of fused-ring (bicyclic) bond motifs is 1. The Kier molecular flexibility index (Phi) is 10.8. The van der Waals surface area contributed by atoms with Crippen LogP contribution in [0, 0.1) is 5.92 Å². The molecule has 0 bridgehead atoms. The van der Waals surface area contributed by atoms with E-state index in [1.54, 1.807) is 10.6 Å². The molecule has 2 aromatic rings. The average Bonchev–Trinajstić information content (AvgIpc) is 3.65. The van der Waals surface area contributed by atoms with Crippen molar-refractivity contribution in [1.82, 2.24) is 14.9 Å². The van der Waals surface area contributed by atoms with Crippen molar-refractivity contribution in [1.29, 1.82) is 0 Å². The number of nitrogens with two attached hydrogens (primary N) is 1. The van der Waals surface area contributed by atoms with Gasteiger partial charge in [-0.2, -0.15) is 13.2 Å². The van der Waals surface area contributed by atoms with Gasteiger partial charge in [0, 0.05) is 33.9 Å². The number of hydrogen-bond acceptors (Lipinski definition) is 6. The van der Waals surface area contributed by atoms with Gasteiger partial charge in [-0.25, -0.2) is 13.8 Å². The summed E-state index contributed by atoms with van der Waals surface area (Å²) in [5.74, 6) is -3.08. The number of ether oxygens (including phenoxy) is 3. The van der Waals surface area contributed by atoms with Crippen molar-refractivity contribution < 1.29 is 41.0 Å². The van der Waals surface area contributed by atoms with E-state index < -0.39 is 44.5 Å². The second-order valence-electron chi connectivity index (χ2n) is 13.5. The average molecular weight is 649 g/mol. The Bertz CT molecular complexity index is 1270. The molecule has 4 atom stereocenters. The van der Waals surface area contributed by atoms with E-state index in [0.717, 1.165) is 25.8 Å². The molecule has 14 heteroatoms. The maximum Gasteiger partial charge on any atom is 0.414 e. The van der Waals surface area contributed by atoms with Crippen LogP contribution >= 0.6 is 0 Å². The number of nitrogens with zero attached hydrogens (tertiary/aromatic N) is 2. The van der Waals surface area contributed by atoms with Gasteiger partial charge in [0.05, 0.1) is 41.9 Å². The molecule has 2 aliphatic carbocycles. The fraction of sp³-hybridized carbons (Fsp3) is 0.733. The second kappa shape index (κ2) is 13.7. The molecule has 8 nitrogen and oxygen atoms in total. The third kappa shape index (κ3) is 9.68. The number of hydrogen-bond donors (Lipinski definition) is 2. The molecule has 4 rings (SSSR count). The molecule has 0 aliphatic heterocycles. The minimum atomic E-state index is -4.54. The van der Waals surface area contributed by atoms with Gasteiger partial charge in [0.15, 0.2) is 6.10 Å². The quantitative estimate of drug-likeness (QED) is 0.123. The van der Waals surface area contributed by atoms with Crippen LogP contribution in [0.5, 0.6) is 0 Å². The van der Waals surface area contributed by atoms with Crippen LogP contribution in [-0.4, -0.2) is 67.2 Å². The number of amides is 1. The van der Waals surface area contributed by atoms with Gasteiger partial charge in [-0.05, 0) is 56.3 Å². The molecule has 2 fully saturated rings. The highest BCUT2D eigenvalue weighted by atomic mass is 28.3. The SMILES string of the molecule is C[C@@H](O[C@H](C)C(F)(F)F)[C@H](N)c1nc2cc([C@@H](COC3CC3)NC(=O)CC3CC(F)(F)C3)ccc2n1COCC[Si](C)(C)C. The van der Waals surface area contributed by atoms with E-state index in [1.165, 1.54) is 6.92 Å². The Morgan fingerprint density at radius 3 is 2.48 bits per heavy atom. The summed E-state index contributed by atoms with van der Waals surface area (Å²) in [4.78, 5) is 17.5. The number of imidazole rings is 1. The van der Waals surface area contributed by atoms with Crippen LogP contribution in [0.4, 0.5) is 22.0 Å². The molecule has 2 saturated carbocycles. The highest BCUT2D eigenvalue weighted by Crippen LogP contribution is 2.44. The minimum Gasteiger partial charge on any atom is -0.376 e. The Hall–Kier alpha value is -2.13. The van der Waals surface area contributed by atoms with E-state index in [0.29, 0.717) is 29.0 Å². The number of nitrogens with one attached hydrogen (secondary N) is 1. The van der Waals surface area contributed by atoms with Gasteiger partial charge < -0.3 is 29.8 Å². The minimum absolute atomic E-state index is 0.00832. The zero-order chi connectivity index (χ0) is 32.4. The second-order valence-corrected chi connectivity index (χ2v) is 19.2. The highest BCUT2D eigenvalue weighted by Gasteiger charge is 2.46. The molecule has 1 aromatic heterocycles. The van der Waals surface area contributed by atoms with Crippen molar-refractivity contribution in [3.05, 3.63) is 29.6 Å². The molecule has 0 radical (unpaired) electrons. The van der Waals surface area contributed by atoms with Crippen LogP contribution < -0.4 is 11.1 Å². The van der Waals surface area contributed by atoms with Gasteiger partial charge in [0.1, 0.15) is 12.6 Å². The Morgan fingerprint density at radius 1 is 1.20 bits per heavy atom. The number of alkyl halides is 5. The molecule has 248 valence electrons. The summed E-state index contributed by atoms with van der Waals surface area (Å²) < 4.78 is 85.1. The van der Waals surface area contributed by atoms with E-state index in [9.17, 15) is 26.7 Å². The number of carbonyl (C=O) groups is 1. The van der Waals surface area contributed by atoms with Crippen molar-refractivity contribution in [2.45, 2.75) is 121 Å². The Labute approximate surface area is 256 Å². The fourth-order valence-electron chi connectivity index (χ4n) is 5.13. The van der Waals surface area contributed by atoms with Gasteiger partial charge in [-0.15, -0.1) is 0 Å². The van der Waals surface area contributed by atoms with Crippen molar-refractivity contribution in [2.75, 3.05) is 13.2 Å². The van der Waals surface area contributed by atoms with Crippen LogP contribution in [0.25, 0.3) is 11.0 Å². The first-order valence-corrected chi connectivity index (χ1v) is 19.0. The Balaban J connectivity index is 1.58. The number of aromatic nitrogens is 2. The van der Waals surface area contributed by atoms with E-state index in [1.807, 2.05) is 12.1 Å². The van der Waals surface area contributed by atoms with Crippen molar-refractivity contribution in [2.24, 2.45) is 11.7 Å². The lowest BCUT2D eigenvalue weighted by Crippen LogP contribution is -2.40. The van der Waals surface area contributed by atoms with Crippen LogP contribution in [0.2, 0.25) is 25.7 Å². The predicted molar refractivity (Wildman–Crippen MR) is 159 cm³/mol. The standard InChI is InChI=1S/C30H45F5N4O4Si/c1-18(43-19(2)30(33,34)35)27(36)28-38-23-13-21(6-9-25(23)39(28)17-41-10-11-44(3,4)5)24(16-42-22-7-8-22)37-26(40)12-20-14-29(31,32)15-20/h6,9,13,18-20,22,24,27H,7-8,10-12,14-17,36H2,1-5H3,(H,37,40)/t18-,19-,24-,27+/m1/s1. The topological polar surface area (TPSA) is 101 Å². The van der Waals surface area contributed by atoms with Gasteiger partial charge in [-0.3, -0.25) is 4.79 Å². The molecule has 1 amide bonds. The van der Waals surface area contributed by atoms with E-state index in [-0.39, 0.29) is 50.5 Å². The van der Waals surface area contributed by atoms with Crippen molar-refractivity contribution in [3.8, 4) is 0 Å². The molecule has 2 aliphatic rings. The summed E-state index contributed by atoms with van der Waals surface area (Å²) in [5, 5.41) is 2.95. The smallest absolute Gasteiger partial charge is 0.376 e. The van der Waals surface area contributed by atoms with E-state index in [4.69, 9.17) is 24.9 Å². The first-order chi connectivity index (χ1) is 20.4. The molecule has 0 unspecified atom stereocenters. The lowest BCUT2D eigenvalue weighted by Gasteiger charge is -2.34. The maximum absolute atomic E-state index is 13.3. The summed E-state index contributed by atoms with van der Waals surface area (Å²) in [5.41, 5.74) is 8.32. The summed E-state index contributed by atoms with van der Waals surface area (Å²) >= 11 is 0. The van der Waals surface area contributed by atoms with Crippen LogP contribution in [0.15, 0.2) is 18.2 Å². The van der Waals surface area contributed by atoms with Gasteiger partial charge >= 0.3 is 6.18 Å². The molecular weight excluding hydrogens is 603 g/mol. The van der Waals surface area contributed by atoms with Crippen molar-refractivity contribution >= 4 is 25.0 Å². The van der Waals surface area contributed by atoms with Gasteiger partial charge in [0.2, 0.25) is 11.8 Å². The lowest BCUT2D eigenvalue weighted by atomic mass is 9.79. The third-order valence-corrected chi connectivity index (χ3v) is 9.82. The first-order valence-electron chi connectivity index (χ1n) is 15.3. The number of carbonyl (C=O) groups excluding carboxylic acids is 1. The summed E-state index contributed by atoms with van der Waals surface area (Å²) in [7, 11) is -1.37. The number of halogens is 5. The molecule has 44 heavy (non-hydrogen) atoms. The maximum atomic E-state index is 13.3. The number of rotatable bonds is 16. The summed E-state index contributed by atoms with van der Waals surface area (Å²) in [6, 6.07) is 4.80. The molecule has 1 aromatic carbocycles. The number of benzene rings is 1. The zero-order valence-electron chi connectivity index (χ0n) is 26.1. The third-order valence-electron chi connectivity index (χ3n) is 8.11. The normalized spacial score (nSPS) is 20.2. The zero-order valence-corrected chi connectivity index (χ0v) is 27.1. The van der Waals surface area contributed by atoms with Gasteiger partial charge in [-0.1, -0.05) is 25.7 Å². The molecule has 0 spiro atoms. The highest BCUT2D eigenvalue weighted by molar-refractivity contribution is 6.76. The lowest BCUT2D eigenvalue weighted by molar-refractivity contribution is -0.227. The van der Waals surface area contributed by atoms with Crippen LogP contribution in [0.1, 0.15) is 69.4 Å². The van der Waals surface area contributed by atoms with Gasteiger partial charge in [0.25, 0.3) is 0 Å². The Morgan fingerprint density at radius 2 is 1.89 bits per heavy atom. The predicted octanol–water partition coefficient (Wildman–Crippen LogP) is 6.48. The summed E-state index contributed by atoms with van der Waals surface area (Å²) in [6.45, 7) is 9.93. The van der Waals surface area contributed by atoms with Crippen molar-refractivity contribution in [3.63, 3.8) is 0 Å². The summed E-state index contributed by atoms with van der Waals surface area (Å²) in [6.07, 6.45) is -6.13.